The number of aromatic nitrogens is 5. The maximum absolute atomic E-state index is 12.9. The van der Waals surface area contributed by atoms with E-state index in [2.05, 4.69) is 20.6 Å². The van der Waals surface area contributed by atoms with Crippen molar-refractivity contribution in [1.82, 2.24) is 24.3 Å². The smallest absolute Gasteiger partial charge is 0.333 e. The van der Waals surface area contributed by atoms with E-state index in [9.17, 15) is 9.59 Å². The molecule has 1 N–H and O–H groups in total. The van der Waals surface area contributed by atoms with E-state index in [1.165, 1.54) is 15.5 Å². The predicted octanol–water partition coefficient (Wildman–Crippen LogP) is 3.99. The summed E-state index contributed by atoms with van der Waals surface area (Å²) in [6.45, 7) is -0.228. The summed E-state index contributed by atoms with van der Waals surface area (Å²) >= 11 is 6.06. The number of fused-ring (bicyclic) bond motifs is 2. The first-order valence-corrected chi connectivity index (χ1v) is 11.5. The van der Waals surface area contributed by atoms with Crippen molar-refractivity contribution in [2.75, 3.05) is 5.32 Å². The molecule has 0 atom stereocenters. The third-order valence-electron chi connectivity index (χ3n) is 6.02. The Morgan fingerprint density at radius 2 is 1.97 bits per heavy atom. The molecule has 10 heteroatoms. The van der Waals surface area contributed by atoms with Gasteiger partial charge >= 0.3 is 5.69 Å². The largest absolute Gasteiger partial charge is 0.350 e. The van der Waals surface area contributed by atoms with Crippen LogP contribution in [0.3, 0.4) is 0 Å². The molecule has 0 spiro atoms. The molecular weight excluding hydrogens is 468 g/mol. The molecule has 1 amide bonds. The number of carbonyl (C=O) groups excluding carboxylic acids is 1. The Kier molecular flexibility index (Phi) is 5.18. The number of rotatable bonds is 5. The van der Waals surface area contributed by atoms with Crippen LogP contribution < -0.4 is 11.0 Å². The third-order valence-corrected chi connectivity index (χ3v) is 6.26. The lowest BCUT2D eigenvalue weighted by molar-refractivity contribution is -0.117. The van der Waals surface area contributed by atoms with Crippen molar-refractivity contribution in [1.29, 1.82) is 0 Å². The number of benzene rings is 2. The third kappa shape index (κ3) is 4.00. The molecule has 5 aromatic rings. The van der Waals surface area contributed by atoms with Crippen LogP contribution in [0.4, 0.5) is 5.69 Å². The van der Waals surface area contributed by atoms with Crippen LogP contribution >= 0.6 is 11.6 Å². The Hall–Kier alpha value is -4.24. The van der Waals surface area contributed by atoms with E-state index >= 15 is 0 Å². The maximum Gasteiger partial charge on any atom is 0.350 e. The summed E-state index contributed by atoms with van der Waals surface area (Å²) in [5.41, 5.74) is 4.34. The highest BCUT2D eigenvalue weighted by molar-refractivity contribution is 6.30. The van der Waals surface area contributed by atoms with E-state index in [0.29, 0.717) is 33.3 Å². The second-order valence-corrected chi connectivity index (χ2v) is 8.81. The van der Waals surface area contributed by atoms with Crippen molar-refractivity contribution in [3.63, 3.8) is 0 Å². The van der Waals surface area contributed by atoms with Gasteiger partial charge in [0.15, 0.2) is 5.65 Å². The number of amides is 1. The molecule has 174 valence electrons. The van der Waals surface area contributed by atoms with Crippen molar-refractivity contribution in [2.45, 2.75) is 25.8 Å². The Labute approximate surface area is 204 Å². The second kappa shape index (κ2) is 8.52. The number of carbonyl (C=O) groups is 1. The van der Waals surface area contributed by atoms with Gasteiger partial charge in [0.25, 0.3) is 5.89 Å². The lowest BCUT2D eigenvalue weighted by atomic mass is 10.1. The van der Waals surface area contributed by atoms with Crippen molar-refractivity contribution in [3.05, 3.63) is 87.4 Å². The highest BCUT2D eigenvalue weighted by Gasteiger charge is 2.19. The van der Waals surface area contributed by atoms with Crippen LogP contribution in [-0.4, -0.2) is 30.2 Å². The van der Waals surface area contributed by atoms with Gasteiger partial charge in [-0.05, 0) is 66.8 Å². The topological polar surface area (TPSA) is 107 Å². The zero-order valence-corrected chi connectivity index (χ0v) is 19.2. The molecule has 0 saturated heterocycles. The van der Waals surface area contributed by atoms with Gasteiger partial charge in [-0.15, -0.1) is 5.10 Å². The molecule has 0 aliphatic heterocycles. The van der Waals surface area contributed by atoms with Gasteiger partial charge in [-0.1, -0.05) is 35.0 Å². The zero-order valence-electron chi connectivity index (χ0n) is 18.4. The second-order valence-electron chi connectivity index (χ2n) is 8.37. The molecule has 0 fully saturated rings. The minimum absolute atomic E-state index is 0.199. The van der Waals surface area contributed by atoms with E-state index in [1.807, 2.05) is 24.3 Å². The summed E-state index contributed by atoms with van der Waals surface area (Å²) in [7, 11) is 0. The average Bonchev–Trinajstić information content (AvgIpc) is 3.59. The molecule has 35 heavy (non-hydrogen) atoms. The number of nitrogens with zero attached hydrogens (tertiary/aromatic N) is 5. The Morgan fingerprint density at radius 3 is 2.86 bits per heavy atom. The van der Waals surface area contributed by atoms with Crippen LogP contribution in [0.2, 0.25) is 5.02 Å². The van der Waals surface area contributed by atoms with Crippen LogP contribution in [0.25, 0.3) is 28.5 Å². The molecule has 0 bridgehead atoms. The lowest BCUT2D eigenvalue weighted by Gasteiger charge is -2.07. The summed E-state index contributed by atoms with van der Waals surface area (Å²) in [4.78, 5) is 30.0. The molecule has 0 unspecified atom stereocenters. The summed E-state index contributed by atoms with van der Waals surface area (Å²) < 4.78 is 7.92. The number of pyridine rings is 1. The summed E-state index contributed by atoms with van der Waals surface area (Å²) in [6, 6.07) is 16.4. The highest BCUT2D eigenvalue weighted by Crippen LogP contribution is 2.26. The fourth-order valence-electron chi connectivity index (χ4n) is 4.37. The minimum atomic E-state index is -0.444. The molecule has 1 aliphatic carbocycles. The quantitative estimate of drug-likeness (QED) is 0.402. The van der Waals surface area contributed by atoms with Gasteiger partial charge in [-0.2, -0.15) is 4.98 Å². The molecule has 3 heterocycles. The van der Waals surface area contributed by atoms with Crippen molar-refractivity contribution < 1.29 is 9.32 Å². The first kappa shape index (κ1) is 21.3. The fourth-order valence-corrected chi connectivity index (χ4v) is 4.56. The first-order valence-electron chi connectivity index (χ1n) is 11.1. The van der Waals surface area contributed by atoms with E-state index < -0.39 is 5.69 Å². The zero-order chi connectivity index (χ0) is 23.9. The molecule has 1 aliphatic rings. The SMILES string of the molecule is O=C(Cn1nc2c(-c3nc(-c4cccc(Cl)c4)no3)cccn2c1=O)Nc1ccc2c(c1)CCC2. The van der Waals surface area contributed by atoms with Crippen LogP contribution in [0.1, 0.15) is 17.5 Å². The van der Waals surface area contributed by atoms with E-state index in [-0.39, 0.29) is 18.3 Å². The average molecular weight is 487 g/mol. The van der Waals surface area contributed by atoms with Gasteiger partial charge in [0, 0.05) is 22.5 Å². The van der Waals surface area contributed by atoms with Crippen molar-refractivity contribution in [2.24, 2.45) is 0 Å². The van der Waals surface area contributed by atoms with Crippen LogP contribution in [0.15, 0.2) is 70.1 Å². The number of nitrogens with one attached hydrogen (secondary N) is 1. The Morgan fingerprint density at radius 1 is 1.09 bits per heavy atom. The first-order chi connectivity index (χ1) is 17.0. The Balaban J connectivity index is 1.28. The van der Waals surface area contributed by atoms with E-state index in [4.69, 9.17) is 16.1 Å². The minimum Gasteiger partial charge on any atom is -0.333 e. The number of halogens is 1. The monoisotopic (exact) mass is 486 g/mol. The molecule has 6 rings (SSSR count). The number of aryl methyl sites for hydroxylation is 2. The number of hydrogen-bond acceptors (Lipinski definition) is 6. The van der Waals surface area contributed by atoms with Gasteiger partial charge in [-0.25, -0.2) is 13.9 Å². The van der Waals surface area contributed by atoms with Gasteiger partial charge in [0.1, 0.15) is 6.54 Å². The van der Waals surface area contributed by atoms with Crippen LogP contribution in [0, 0.1) is 0 Å². The molecular formula is C25H19ClN6O3. The Bertz CT molecular complexity index is 1650. The maximum atomic E-state index is 12.9. The van der Waals surface area contributed by atoms with Crippen LogP contribution in [0.5, 0.6) is 0 Å². The van der Waals surface area contributed by atoms with Gasteiger partial charge in [-0.3, -0.25) is 4.79 Å². The van der Waals surface area contributed by atoms with Gasteiger partial charge in [0.05, 0.1) is 5.56 Å². The normalized spacial score (nSPS) is 12.7. The number of anilines is 1. The van der Waals surface area contributed by atoms with Crippen LogP contribution in [-0.2, 0) is 24.2 Å². The molecule has 9 nitrogen and oxygen atoms in total. The fraction of sp³-hybridized carbons (Fsp3) is 0.160. The molecule has 0 saturated carbocycles. The molecule has 3 aromatic heterocycles. The lowest BCUT2D eigenvalue weighted by Crippen LogP contribution is -2.28. The van der Waals surface area contributed by atoms with Crippen molar-refractivity contribution in [3.8, 4) is 22.8 Å². The summed E-state index contributed by atoms with van der Waals surface area (Å²) in [5, 5.41) is 11.8. The summed E-state index contributed by atoms with van der Waals surface area (Å²) in [6.07, 6.45) is 4.80. The van der Waals surface area contributed by atoms with E-state index in [1.54, 1.807) is 36.5 Å². The summed E-state index contributed by atoms with van der Waals surface area (Å²) in [5.74, 6) is 0.223. The highest BCUT2D eigenvalue weighted by atomic mass is 35.5. The van der Waals surface area contributed by atoms with E-state index in [0.717, 1.165) is 23.9 Å². The van der Waals surface area contributed by atoms with Gasteiger partial charge in [0.2, 0.25) is 11.7 Å². The van der Waals surface area contributed by atoms with Gasteiger partial charge < -0.3 is 9.84 Å². The number of hydrogen-bond donors (Lipinski definition) is 1. The standard InChI is InChI=1S/C25H19ClN6O3/c26-18-7-2-6-17(12-18)22-28-24(35-30-22)20-8-3-11-31-23(20)29-32(25(31)34)14-21(33)27-19-10-9-15-4-1-5-16(15)13-19/h2-3,6-13H,1,4-5,14H2,(H,27,33). The molecule has 2 aromatic carbocycles. The van der Waals surface area contributed by atoms with Crippen molar-refractivity contribution >= 4 is 28.8 Å². The molecule has 0 radical (unpaired) electrons. The predicted molar refractivity (Wildman–Crippen MR) is 130 cm³/mol.